The Hall–Kier alpha value is -3.73. The van der Waals surface area contributed by atoms with E-state index in [9.17, 15) is 8.78 Å². The standard InChI is InChI=1S/C24H28F2N8O/c1-33(2)13-12-28-11-10-19(27)30-24-29-14-16-6-9-18-20(21(16)31-24)22(34(3)32-18)15-4-7-17(8-5-15)35-23(25)26/h4-5,7-8,11,14,23H,6,9-10,12-13H2,1-3H3,(H2,27,29,30,31). The van der Waals surface area contributed by atoms with E-state index in [0.29, 0.717) is 18.8 Å². The van der Waals surface area contributed by atoms with Crippen molar-refractivity contribution in [2.24, 2.45) is 22.8 Å². The average molecular weight is 483 g/mol. The molecule has 0 radical (unpaired) electrons. The van der Waals surface area contributed by atoms with Gasteiger partial charge in [0.05, 0.1) is 23.6 Å². The fourth-order valence-corrected chi connectivity index (χ4v) is 3.91. The van der Waals surface area contributed by atoms with Crippen LogP contribution in [-0.4, -0.2) is 70.5 Å². The summed E-state index contributed by atoms with van der Waals surface area (Å²) in [6.07, 6.45) is 5.45. The van der Waals surface area contributed by atoms with Gasteiger partial charge in [0.25, 0.3) is 5.95 Å². The Kier molecular flexibility index (Phi) is 7.45. The predicted octanol–water partition coefficient (Wildman–Crippen LogP) is 3.26. The Morgan fingerprint density at radius 2 is 2.03 bits per heavy atom. The first kappa shape index (κ1) is 24.4. The molecule has 0 unspecified atom stereocenters. The van der Waals surface area contributed by atoms with Crippen molar-refractivity contribution in [3.8, 4) is 28.3 Å². The van der Waals surface area contributed by atoms with Crippen LogP contribution >= 0.6 is 0 Å². The average Bonchev–Trinajstić information content (AvgIpc) is 3.15. The van der Waals surface area contributed by atoms with Crippen molar-refractivity contribution in [2.45, 2.75) is 25.9 Å². The van der Waals surface area contributed by atoms with Crippen molar-refractivity contribution in [1.29, 1.82) is 0 Å². The third-order valence-electron chi connectivity index (χ3n) is 5.54. The minimum Gasteiger partial charge on any atom is -0.435 e. The van der Waals surface area contributed by atoms with Crippen molar-refractivity contribution in [3.05, 3.63) is 41.7 Å². The predicted molar refractivity (Wildman–Crippen MR) is 132 cm³/mol. The van der Waals surface area contributed by atoms with Crippen LogP contribution in [0.15, 0.2) is 40.4 Å². The zero-order chi connectivity index (χ0) is 24.9. The van der Waals surface area contributed by atoms with E-state index in [1.807, 2.05) is 21.1 Å². The number of halogens is 2. The number of benzene rings is 1. The van der Waals surface area contributed by atoms with Crippen LogP contribution in [0.2, 0.25) is 0 Å². The van der Waals surface area contributed by atoms with E-state index in [1.165, 1.54) is 12.1 Å². The van der Waals surface area contributed by atoms with Crippen molar-refractivity contribution in [3.63, 3.8) is 0 Å². The third kappa shape index (κ3) is 5.86. The lowest BCUT2D eigenvalue weighted by atomic mass is 9.91. The van der Waals surface area contributed by atoms with E-state index < -0.39 is 6.61 Å². The number of aliphatic imine (C=N–C) groups is 2. The van der Waals surface area contributed by atoms with Gasteiger partial charge in [-0.15, -0.1) is 0 Å². The summed E-state index contributed by atoms with van der Waals surface area (Å²) in [6.45, 7) is -1.32. The maximum atomic E-state index is 12.5. The molecule has 1 aromatic carbocycles. The zero-order valence-corrected chi connectivity index (χ0v) is 19.9. The van der Waals surface area contributed by atoms with Gasteiger partial charge in [-0.1, -0.05) is 0 Å². The number of nitrogens with two attached hydrogens (primary N) is 1. The van der Waals surface area contributed by atoms with Crippen LogP contribution in [0.1, 0.15) is 17.7 Å². The van der Waals surface area contributed by atoms with Crippen LogP contribution in [0.5, 0.6) is 5.75 Å². The Morgan fingerprint density at radius 3 is 2.74 bits per heavy atom. The lowest BCUT2D eigenvalue weighted by molar-refractivity contribution is -0.0498. The van der Waals surface area contributed by atoms with Crippen LogP contribution < -0.4 is 10.5 Å². The van der Waals surface area contributed by atoms with Gasteiger partial charge >= 0.3 is 6.61 Å². The molecule has 2 aromatic heterocycles. The molecule has 184 valence electrons. The molecule has 0 spiro atoms. The number of ether oxygens (including phenoxy) is 1. The number of hydrogen-bond acceptors (Lipinski definition) is 7. The van der Waals surface area contributed by atoms with E-state index in [1.54, 1.807) is 29.2 Å². The summed E-state index contributed by atoms with van der Waals surface area (Å²) in [5, 5.41) is 4.68. The minimum atomic E-state index is -2.87. The van der Waals surface area contributed by atoms with Crippen LogP contribution in [-0.2, 0) is 19.9 Å². The van der Waals surface area contributed by atoms with Crippen LogP contribution in [0.3, 0.4) is 0 Å². The molecular weight excluding hydrogens is 454 g/mol. The molecular formula is C24H28F2N8O. The molecule has 9 nitrogen and oxygen atoms in total. The number of aromatic nitrogens is 4. The normalized spacial score (nSPS) is 13.5. The maximum absolute atomic E-state index is 12.5. The second-order valence-electron chi connectivity index (χ2n) is 8.44. The Morgan fingerprint density at radius 1 is 1.26 bits per heavy atom. The quantitative estimate of drug-likeness (QED) is 0.371. The van der Waals surface area contributed by atoms with Crippen LogP contribution in [0.25, 0.3) is 22.5 Å². The summed E-state index contributed by atoms with van der Waals surface area (Å²) < 4.78 is 31.3. The van der Waals surface area contributed by atoms with Crippen molar-refractivity contribution >= 4 is 18.0 Å². The fraction of sp³-hybridized carbons (Fsp3) is 0.375. The molecule has 0 saturated carbocycles. The first-order valence-electron chi connectivity index (χ1n) is 11.2. The molecule has 0 fully saturated rings. The summed E-state index contributed by atoms with van der Waals surface area (Å²) in [6, 6.07) is 6.50. The smallest absolute Gasteiger partial charge is 0.387 e. The van der Waals surface area contributed by atoms with E-state index >= 15 is 0 Å². The molecule has 11 heteroatoms. The van der Waals surface area contributed by atoms with Crippen molar-refractivity contribution in [2.75, 3.05) is 27.2 Å². The number of hydrogen-bond donors (Lipinski definition) is 1. The van der Waals surface area contributed by atoms with E-state index in [2.05, 4.69) is 29.7 Å². The van der Waals surface area contributed by atoms with Crippen LogP contribution in [0.4, 0.5) is 14.7 Å². The molecule has 0 amide bonds. The lowest BCUT2D eigenvalue weighted by Crippen LogP contribution is -2.16. The molecule has 2 heterocycles. The second kappa shape index (κ2) is 10.7. The van der Waals surface area contributed by atoms with Gasteiger partial charge in [0.2, 0.25) is 0 Å². The molecule has 35 heavy (non-hydrogen) atoms. The highest BCUT2D eigenvalue weighted by atomic mass is 19.3. The van der Waals surface area contributed by atoms with E-state index in [-0.39, 0.29) is 11.7 Å². The van der Waals surface area contributed by atoms with E-state index in [0.717, 1.165) is 53.2 Å². The van der Waals surface area contributed by atoms with Gasteiger partial charge in [-0.2, -0.15) is 18.9 Å². The summed E-state index contributed by atoms with van der Waals surface area (Å²) in [5.41, 5.74) is 11.3. The summed E-state index contributed by atoms with van der Waals surface area (Å²) in [5.74, 6) is 0.738. The van der Waals surface area contributed by atoms with Gasteiger partial charge < -0.3 is 15.4 Å². The first-order valence-corrected chi connectivity index (χ1v) is 11.2. The number of aryl methyl sites for hydroxylation is 3. The summed E-state index contributed by atoms with van der Waals surface area (Å²) in [7, 11) is 5.84. The molecule has 1 aliphatic rings. The van der Waals surface area contributed by atoms with Gasteiger partial charge in [-0.25, -0.2) is 9.97 Å². The van der Waals surface area contributed by atoms with Gasteiger partial charge in [0.15, 0.2) is 0 Å². The molecule has 0 aliphatic heterocycles. The number of likely N-dealkylation sites (N-methyl/N-ethyl adjacent to an activating group) is 1. The maximum Gasteiger partial charge on any atom is 0.387 e. The summed E-state index contributed by atoms with van der Waals surface area (Å²) in [4.78, 5) is 19.9. The molecule has 3 aromatic rings. The monoisotopic (exact) mass is 482 g/mol. The molecule has 4 rings (SSSR count). The molecule has 1 aliphatic carbocycles. The van der Waals surface area contributed by atoms with Gasteiger partial charge in [0, 0.05) is 43.6 Å². The zero-order valence-electron chi connectivity index (χ0n) is 19.9. The number of alkyl halides is 2. The molecule has 0 bridgehead atoms. The fourth-order valence-electron chi connectivity index (χ4n) is 3.91. The van der Waals surface area contributed by atoms with Gasteiger partial charge in [-0.3, -0.25) is 9.67 Å². The van der Waals surface area contributed by atoms with Crippen LogP contribution in [0, 0.1) is 0 Å². The van der Waals surface area contributed by atoms with Gasteiger partial charge in [-0.05, 0) is 56.8 Å². The Balaban J connectivity index is 1.62. The molecule has 0 atom stereocenters. The van der Waals surface area contributed by atoms with Gasteiger partial charge in [0.1, 0.15) is 11.6 Å². The Labute approximate surface area is 202 Å². The molecule has 0 saturated heterocycles. The van der Waals surface area contributed by atoms with E-state index in [4.69, 9.17) is 10.7 Å². The highest BCUT2D eigenvalue weighted by Crippen LogP contribution is 2.40. The number of rotatable bonds is 9. The van der Waals surface area contributed by atoms with Crippen molar-refractivity contribution < 1.29 is 13.5 Å². The summed E-state index contributed by atoms with van der Waals surface area (Å²) >= 11 is 0. The number of amidine groups is 1. The van der Waals surface area contributed by atoms with Crippen molar-refractivity contribution in [1.82, 2.24) is 24.6 Å². The number of fused-ring (bicyclic) bond motifs is 3. The lowest BCUT2D eigenvalue weighted by Gasteiger charge is -2.16. The number of nitrogens with zero attached hydrogens (tertiary/aromatic N) is 7. The minimum absolute atomic E-state index is 0.0971. The highest BCUT2D eigenvalue weighted by molar-refractivity contribution is 5.94. The second-order valence-corrected chi connectivity index (χ2v) is 8.44. The largest absolute Gasteiger partial charge is 0.435 e. The first-order chi connectivity index (χ1) is 16.8. The molecule has 2 N–H and O–H groups in total. The SMILES string of the molecule is CN(C)CCN=CCC(N)=Nc1ncc2c(n1)-c1c(nn(C)c1-c1ccc(OC(F)F)cc1)CC2. The topological polar surface area (TPSA) is 107 Å². The highest BCUT2D eigenvalue weighted by Gasteiger charge is 2.27. The third-order valence-corrected chi connectivity index (χ3v) is 5.54. The Bertz CT molecular complexity index is 1240.